The predicted molar refractivity (Wildman–Crippen MR) is 85.6 cm³/mol. The molecule has 0 aliphatic heterocycles. The molecule has 0 fully saturated rings. The highest BCUT2D eigenvalue weighted by molar-refractivity contribution is 7.98. The van der Waals surface area contributed by atoms with Crippen LogP contribution in [0.2, 0.25) is 0 Å². The number of nitrogens with zero attached hydrogens (tertiary/aromatic N) is 1. The first-order valence-corrected chi connectivity index (χ1v) is 8.01. The number of thioether (sulfide) groups is 1. The van der Waals surface area contributed by atoms with Gasteiger partial charge in [0.1, 0.15) is 18.2 Å². The van der Waals surface area contributed by atoms with E-state index in [1.807, 2.05) is 36.4 Å². The van der Waals surface area contributed by atoms with Crippen LogP contribution in [0.3, 0.4) is 0 Å². The summed E-state index contributed by atoms with van der Waals surface area (Å²) < 4.78 is 5.86. The molecule has 0 saturated carbocycles. The zero-order valence-corrected chi connectivity index (χ0v) is 12.7. The number of aromatic nitrogens is 1. The first kappa shape index (κ1) is 14.7. The molecule has 4 heteroatoms. The van der Waals surface area contributed by atoms with Crippen molar-refractivity contribution in [3.8, 4) is 5.75 Å². The lowest BCUT2D eigenvalue weighted by Gasteiger charge is -2.10. The Kier molecular flexibility index (Phi) is 5.74. The number of pyridine rings is 1. The average Bonchev–Trinajstić information content (AvgIpc) is 2.51. The molecule has 0 aliphatic carbocycles. The predicted octanol–water partition coefficient (Wildman–Crippen LogP) is 4.20. The van der Waals surface area contributed by atoms with Gasteiger partial charge in [-0.15, -0.1) is 11.8 Å². The fraction of sp³-hybridized carbons (Fsp3) is 0.312. The van der Waals surface area contributed by atoms with E-state index in [1.54, 1.807) is 11.8 Å². The quantitative estimate of drug-likeness (QED) is 0.774. The van der Waals surface area contributed by atoms with Crippen LogP contribution in [0.25, 0.3) is 0 Å². The van der Waals surface area contributed by atoms with Crippen molar-refractivity contribution in [3.05, 3.63) is 48.2 Å². The van der Waals surface area contributed by atoms with E-state index in [2.05, 4.69) is 29.5 Å². The Morgan fingerprint density at radius 3 is 2.80 bits per heavy atom. The van der Waals surface area contributed by atoms with Crippen LogP contribution in [0.5, 0.6) is 5.75 Å². The Bertz CT molecular complexity index is 546. The molecule has 20 heavy (non-hydrogen) atoms. The molecular weight excluding hydrogens is 268 g/mol. The molecule has 1 aromatic carbocycles. The highest BCUT2D eigenvalue weighted by atomic mass is 32.2. The van der Waals surface area contributed by atoms with Gasteiger partial charge < -0.3 is 10.1 Å². The van der Waals surface area contributed by atoms with E-state index >= 15 is 0 Å². The van der Waals surface area contributed by atoms with E-state index < -0.39 is 0 Å². The van der Waals surface area contributed by atoms with Crippen LogP contribution in [0, 0.1) is 0 Å². The van der Waals surface area contributed by atoms with Crippen LogP contribution in [-0.4, -0.2) is 17.8 Å². The maximum Gasteiger partial charge on any atom is 0.133 e. The zero-order valence-electron chi connectivity index (χ0n) is 11.9. The number of rotatable bonds is 7. The minimum Gasteiger partial charge on any atom is -0.486 e. The second kappa shape index (κ2) is 7.80. The van der Waals surface area contributed by atoms with E-state index in [0.717, 1.165) is 35.1 Å². The number of nitrogens with one attached hydrogen (secondary N) is 1. The summed E-state index contributed by atoms with van der Waals surface area (Å²) in [5.74, 6) is 1.82. The van der Waals surface area contributed by atoms with E-state index in [-0.39, 0.29) is 0 Å². The maximum absolute atomic E-state index is 5.86. The van der Waals surface area contributed by atoms with Gasteiger partial charge >= 0.3 is 0 Å². The number of para-hydroxylation sites is 1. The van der Waals surface area contributed by atoms with Gasteiger partial charge in [-0.05, 0) is 36.9 Å². The van der Waals surface area contributed by atoms with Crippen LogP contribution < -0.4 is 10.1 Å². The monoisotopic (exact) mass is 288 g/mol. The molecule has 0 unspecified atom stereocenters. The summed E-state index contributed by atoms with van der Waals surface area (Å²) in [6.07, 6.45) is 3.14. The third-order valence-electron chi connectivity index (χ3n) is 2.81. The van der Waals surface area contributed by atoms with E-state index in [4.69, 9.17) is 4.74 Å². The SMILES string of the molecule is CCCNc1cccc(COc2ccccc2SC)n1. The standard InChI is InChI=1S/C16H20N2OS/c1-3-11-17-16-10-6-7-13(18-16)12-19-14-8-4-5-9-15(14)20-2/h4-10H,3,11-12H2,1-2H3,(H,17,18). The summed E-state index contributed by atoms with van der Waals surface area (Å²) in [6, 6.07) is 14.0. The van der Waals surface area contributed by atoms with Gasteiger partial charge in [-0.3, -0.25) is 0 Å². The smallest absolute Gasteiger partial charge is 0.133 e. The van der Waals surface area contributed by atoms with Crippen molar-refractivity contribution in [3.63, 3.8) is 0 Å². The molecule has 0 saturated heterocycles. The maximum atomic E-state index is 5.86. The van der Waals surface area contributed by atoms with Crippen molar-refractivity contribution >= 4 is 17.6 Å². The highest BCUT2D eigenvalue weighted by Crippen LogP contribution is 2.27. The first-order chi connectivity index (χ1) is 9.83. The van der Waals surface area contributed by atoms with Crippen molar-refractivity contribution in [2.24, 2.45) is 0 Å². The molecule has 2 aromatic rings. The molecule has 3 nitrogen and oxygen atoms in total. The molecule has 1 heterocycles. The van der Waals surface area contributed by atoms with Gasteiger partial charge in [-0.1, -0.05) is 25.1 Å². The minimum absolute atomic E-state index is 0.485. The fourth-order valence-electron chi connectivity index (χ4n) is 1.80. The van der Waals surface area contributed by atoms with Crippen LogP contribution >= 0.6 is 11.8 Å². The zero-order chi connectivity index (χ0) is 14.2. The second-order valence-electron chi connectivity index (χ2n) is 4.38. The van der Waals surface area contributed by atoms with Crippen LogP contribution in [0.4, 0.5) is 5.82 Å². The van der Waals surface area contributed by atoms with Gasteiger partial charge in [-0.25, -0.2) is 4.98 Å². The Morgan fingerprint density at radius 2 is 2.00 bits per heavy atom. The molecule has 0 radical (unpaired) electrons. The molecule has 1 aromatic heterocycles. The van der Waals surface area contributed by atoms with Crippen molar-refractivity contribution in [2.75, 3.05) is 18.1 Å². The summed E-state index contributed by atoms with van der Waals surface area (Å²) in [4.78, 5) is 5.68. The molecule has 106 valence electrons. The lowest BCUT2D eigenvalue weighted by molar-refractivity contribution is 0.294. The van der Waals surface area contributed by atoms with Crippen LogP contribution in [0.15, 0.2) is 47.4 Å². The Hall–Kier alpha value is -1.68. The molecule has 1 N–H and O–H groups in total. The summed E-state index contributed by atoms with van der Waals surface area (Å²) in [6.45, 7) is 3.56. The Balaban J connectivity index is 1.99. The molecular formula is C16H20N2OS. The fourth-order valence-corrected chi connectivity index (χ4v) is 2.34. The highest BCUT2D eigenvalue weighted by Gasteiger charge is 2.03. The molecule has 0 aliphatic rings. The number of ether oxygens (including phenoxy) is 1. The van der Waals surface area contributed by atoms with Gasteiger partial charge in [0.2, 0.25) is 0 Å². The number of hydrogen-bond donors (Lipinski definition) is 1. The third kappa shape index (κ3) is 4.17. The summed E-state index contributed by atoms with van der Waals surface area (Å²) in [5.41, 5.74) is 0.932. The van der Waals surface area contributed by atoms with Crippen LogP contribution in [-0.2, 0) is 6.61 Å². The Morgan fingerprint density at radius 1 is 1.15 bits per heavy atom. The third-order valence-corrected chi connectivity index (χ3v) is 3.58. The summed E-state index contributed by atoms with van der Waals surface area (Å²) in [7, 11) is 0. The average molecular weight is 288 g/mol. The van der Waals surface area contributed by atoms with Crippen molar-refractivity contribution in [1.29, 1.82) is 0 Å². The molecule has 0 bridgehead atoms. The van der Waals surface area contributed by atoms with Crippen molar-refractivity contribution < 1.29 is 4.74 Å². The molecule has 0 spiro atoms. The molecule has 2 rings (SSSR count). The topological polar surface area (TPSA) is 34.1 Å². The number of hydrogen-bond acceptors (Lipinski definition) is 4. The summed E-state index contributed by atoms with van der Waals surface area (Å²) in [5, 5.41) is 3.28. The lowest BCUT2D eigenvalue weighted by atomic mass is 10.3. The molecule has 0 amide bonds. The lowest BCUT2D eigenvalue weighted by Crippen LogP contribution is -2.05. The van der Waals surface area contributed by atoms with Gasteiger partial charge in [0.15, 0.2) is 0 Å². The van der Waals surface area contributed by atoms with Crippen molar-refractivity contribution in [2.45, 2.75) is 24.8 Å². The van der Waals surface area contributed by atoms with E-state index in [0.29, 0.717) is 6.61 Å². The minimum atomic E-state index is 0.485. The van der Waals surface area contributed by atoms with Gasteiger partial charge in [-0.2, -0.15) is 0 Å². The van der Waals surface area contributed by atoms with Gasteiger partial charge in [0.05, 0.1) is 5.69 Å². The van der Waals surface area contributed by atoms with Crippen molar-refractivity contribution in [1.82, 2.24) is 4.98 Å². The molecule has 0 atom stereocenters. The summed E-state index contributed by atoms with van der Waals surface area (Å²) >= 11 is 1.69. The van der Waals surface area contributed by atoms with Crippen LogP contribution in [0.1, 0.15) is 19.0 Å². The number of benzene rings is 1. The van der Waals surface area contributed by atoms with Gasteiger partial charge in [0, 0.05) is 11.4 Å². The first-order valence-electron chi connectivity index (χ1n) is 6.79. The van der Waals surface area contributed by atoms with E-state index in [1.165, 1.54) is 0 Å². The van der Waals surface area contributed by atoms with E-state index in [9.17, 15) is 0 Å². The largest absolute Gasteiger partial charge is 0.486 e. The normalized spacial score (nSPS) is 10.3. The Labute approximate surface area is 124 Å². The second-order valence-corrected chi connectivity index (χ2v) is 5.23. The van der Waals surface area contributed by atoms with Gasteiger partial charge in [0.25, 0.3) is 0 Å². The number of anilines is 1.